The summed E-state index contributed by atoms with van der Waals surface area (Å²) in [5.41, 5.74) is 11.0. The molecule has 0 fully saturated rings. The van der Waals surface area contributed by atoms with Gasteiger partial charge in [0.25, 0.3) is 0 Å². The van der Waals surface area contributed by atoms with Gasteiger partial charge in [-0.1, -0.05) is 6.58 Å². The second kappa shape index (κ2) is 12.5. The highest BCUT2D eigenvalue weighted by Gasteiger charge is 2.01. The first-order chi connectivity index (χ1) is 8.74. The third-order valence-corrected chi connectivity index (χ3v) is 2.51. The van der Waals surface area contributed by atoms with Gasteiger partial charge in [0, 0.05) is 45.8 Å². The molecular weight excluding hydrogens is 230 g/mol. The predicted octanol–water partition coefficient (Wildman–Crippen LogP) is -1.51. The van der Waals surface area contributed by atoms with Crippen LogP contribution in [0, 0.1) is 0 Å². The van der Waals surface area contributed by atoms with Gasteiger partial charge < -0.3 is 22.1 Å². The summed E-state index contributed by atoms with van der Waals surface area (Å²) < 4.78 is 0. The van der Waals surface area contributed by atoms with Crippen LogP contribution in [0.25, 0.3) is 0 Å². The molecule has 0 bridgehead atoms. The summed E-state index contributed by atoms with van der Waals surface area (Å²) in [4.78, 5) is 13.1. The van der Waals surface area contributed by atoms with Crippen LogP contribution >= 0.6 is 0 Å². The summed E-state index contributed by atoms with van der Waals surface area (Å²) in [6, 6.07) is 0. The van der Waals surface area contributed by atoms with Gasteiger partial charge >= 0.3 is 0 Å². The maximum absolute atomic E-state index is 10.9. The topological polar surface area (TPSA) is 96.4 Å². The SMILES string of the molecule is C=CC(=O)NCCCNCCN(CCN)CCN. The fourth-order valence-electron chi connectivity index (χ4n) is 1.56. The van der Waals surface area contributed by atoms with Crippen LogP contribution in [0.15, 0.2) is 12.7 Å². The fraction of sp³-hybridized carbons (Fsp3) is 0.750. The molecule has 6 heteroatoms. The van der Waals surface area contributed by atoms with E-state index in [1.165, 1.54) is 6.08 Å². The molecular formula is C12H27N5O. The minimum absolute atomic E-state index is 0.118. The zero-order valence-electron chi connectivity index (χ0n) is 11.2. The number of amides is 1. The molecule has 0 atom stereocenters. The summed E-state index contributed by atoms with van der Waals surface area (Å²) >= 11 is 0. The van der Waals surface area contributed by atoms with Crippen LogP contribution in [-0.4, -0.2) is 63.2 Å². The molecule has 0 saturated heterocycles. The number of rotatable bonds is 12. The standard InChI is InChI=1S/C12H27N5O/c1-2-12(18)16-7-3-6-15-8-11-17(9-4-13)10-5-14/h2,15H,1,3-11,13-14H2,(H,16,18). The Morgan fingerprint density at radius 2 is 1.78 bits per heavy atom. The van der Waals surface area contributed by atoms with E-state index < -0.39 is 0 Å². The maximum atomic E-state index is 10.9. The fourth-order valence-corrected chi connectivity index (χ4v) is 1.56. The molecule has 106 valence electrons. The van der Waals surface area contributed by atoms with Crippen molar-refractivity contribution in [3.8, 4) is 0 Å². The van der Waals surface area contributed by atoms with Gasteiger partial charge in [0.2, 0.25) is 5.91 Å². The van der Waals surface area contributed by atoms with Crippen molar-refractivity contribution in [3.63, 3.8) is 0 Å². The first-order valence-corrected chi connectivity index (χ1v) is 6.48. The van der Waals surface area contributed by atoms with Crippen molar-refractivity contribution < 1.29 is 4.79 Å². The lowest BCUT2D eigenvalue weighted by atomic mass is 10.4. The van der Waals surface area contributed by atoms with E-state index in [4.69, 9.17) is 11.5 Å². The Hall–Kier alpha value is -0.950. The van der Waals surface area contributed by atoms with E-state index in [9.17, 15) is 4.79 Å². The number of nitrogens with two attached hydrogens (primary N) is 2. The molecule has 0 heterocycles. The monoisotopic (exact) mass is 257 g/mol. The molecule has 0 aromatic rings. The first-order valence-electron chi connectivity index (χ1n) is 6.48. The highest BCUT2D eigenvalue weighted by Crippen LogP contribution is 1.84. The second-order valence-electron chi connectivity index (χ2n) is 4.02. The smallest absolute Gasteiger partial charge is 0.243 e. The van der Waals surface area contributed by atoms with E-state index in [-0.39, 0.29) is 5.91 Å². The van der Waals surface area contributed by atoms with Gasteiger partial charge in [0.05, 0.1) is 0 Å². The third-order valence-electron chi connectivity index (χ3n) is 2.51. The quantitative estimate of drug-likeness (QED) is 0.252. The largest absolute Gasteiger partial charge is 0.353 e. The third kappa shape index (κ3) is 10.2. The summed E-state index contributed by atoms with van der Waals surface area (Å²) in [6.07, 6.45) is 2.19. The molecule has 0 aromatic carbocycles. The molecule has 18 heavy (non-hydrogen) atoms. The van der Waals surface area contributed by atoms with E-state index in [1.807, 2.05) is 0 Å². The molecule has 0 aliphatic heterocycles. The molecule has 0 aliphatic carbocycles. The Morgan fingerprint density at radius 1 is 1.11 bits per heavy atom. The summed E-state index contributed by atoms with van der Waals surface area (Å²) in [6.45, 7) is 9.90. The Labute approximate surface area is 110 Å². The number of carbonyl (C=O) groups excluding carboxylic acids is 1. The molecule has 6 nitrogen and oxygen atoms in total. The second-order valence-corrected chi connectivity index (χ2v) is 4.02. The lowest BCUT2D eigenvalue weighted by Gasteiger charge is -2.20. The van der Waals surface area contributed by atoms with Gasteiger partial charge in [-0.2, -0.15) is 0 Å². The summed E-state index contributed by atoms with van der Waals surface area (Å²) in [7, 11) is 0. The van der Waals surface area contributed by atoms with E-state index in [1.54, 1.807) is 0 Å². The molecule has 0 aliphatic rings. The Balaban J connectivity index is 3.37. The maximum Gasteiger partial charge on any atom is 0.243 e. The molecule has 0 unspecified atom stereocenters. The van der Waals surface area contributed by atoms with Crippen LogP contribution in [0.4, 0.5) is 0 Å². The summed E-state index contributed by atoms with van der Waals surface area (Å²) in [5, 5.41) is 6.06. The van der Waals surface area contributed by atoms with Crippen molar-refractivity contribution in [2.45, 2.75) is 6.42 Å². The minimum atomic E-state index is -0.118. The van der Waals surface area contributed by atoms with Gasteiger partial charge in [-0.05, 0) is 19.0 Å². The van der Waals surface area contributed by atoms with Crippen LogP contribution in [0.2, 0.25) is 0 Å². The first kappa shape index (κ1) is 17.1. The molecule has 0 saturated carbocycles. The number of hydrogen-bond acceptors (Lipinski definition) is 5. The number of nitrogens with one attached hydrogen (secondary N) is 2. The number of nitrogens with zero attached hydrogens (tertiary/aromatic N) is 1. The van der Waals surface area contributed by atoms with Gasteiger partial charge in [-0.25, -0.2) is 0 Å². The molecule has 0 aromatic heterocycles. The highest BCUT2D eigenvalue weighted by atomic mass is 16.1. The highest BCUT2D eigenvalue weighted by molar-refractivity contribution is 5.86. The van der Waals surface area contributed by atoms with Gasteiger partial charge in [-0.15, -0.1) is 0 Å². The Morgan fingerprint density at radius 3 is 2.33 bits per heavy atom. The van der Waals surface area contributed by atoms with Gasteiger partial charge in [-0.3, -0.25) is 9.69 Å². The van der Waals surface area contributed by atoms with Crippen LogP contribution in [0.5, 0.6) is 0 Å². The molecule has 6 N–H and O–H groups in total. The van der Waals surface area contributed by atoms with E-state index in [2.05, 4.69) is 22.1 Å². The van der Waals surface area contributed by atoms with Crippen molar-refractivity contribution in [1.82, 2.24) is 15.5 Å². The molecule has 0 spiro atoms. The average Bonchev–Trinajstić information content (AvgIpc) is 2.37. The molecule has 0 rings (SSSR count). The zero-order valence-corrected chi connectivity index (χ0v) is 11.2. The van der Waals surface area contributed by atoms with Crippen molar-refractivity contribution >= 4 is 5.91 Å². The van der Waals surface area contributed by atoms with Gasteiger partial charge in [0.15, 0.2) is 0 Å². The normalized spacial score (nSPS) is 10.6. The zero-order chi connectivity index (χ0) is 13.6. The van der Waals surface area contributed by atoms with Crippen molar-refractivity contribution in [1.29, 1.82) is 0 Å². The Bertz CT molecular complexity index is 217. The number of carbonyl (C=O) groups is 1. The Kier molecular flexibility index (Phi) is 11.8. The van der Waals surface area contributed by atoms with Crippen LogP contribution in [0.3, 0.4) is 0 Å². The van der Waals surface area contributed by atoms with Crippen LogP contribution in [-0.2, 0) is 4.79 Å². The molecule has 0 radical (unpaired) electrons. The van der Waals surface area contributed by atoms with E-state index in [0.29, 0.717) is 19.6 Å². The predicted molar refractivity (Wildman–Crippen MR) is 75.2 cm³/mol. The average molecular weight is 257 g/mol. The van der Waals surface area contributed by atoms with Crippen molar-refractivity contribution in [3.05, 3.63) is 12.7 Å². The van der Waals surface area contributed by atoms with Crippen LogP contribution in [0.1, 0.15) is 6.42 Å². The minimum Gasteiger partial charge on any atom is -0.353 e. The van der Waals surface area contributed by atoms with Crippen molar-refractivity contribution in [2.75, 3.05) is 52.4 Å². The van der Waals surface area contributed by atoms with Crippen LogP contribution < -0.4 is 22.1 Å². The summed E-state index contributed by atoms with van der Waals surface area (Å²) in [5.74, 6) is -0.118. The van der Waals surface area contributed by atoms with Gasteiger partial charge in [0.1, 0.15) is 0 Å². The van der Waals surface area contributed by atoms with E-state index in [0.717, 1.165) is 39.1 Å². The molecule has 1 amide bonds. The lowest BCUT2D eigenvalue weighted by Crippen LogP contribution is -2.39. The number of hydrogen-bond donors (Lipinski definition) is 4. The van der Waals surface area contributed by atoms with Crippen molar-refractivity contribution in [2.24, 2.45) is 11.5 Å². The lowest BCUT2D eigenvalue weighted by molar-refractivity contribution is -0.116. The van der Waals surface area contributed by atoms with E-state index >= 15 is 0 Å².